The predicted octanol–water partition coefficient (Wildman–Crippen LogP) is 4.96. The number of nitrogens with two attached hydrogens (primary N) is 1. The second-order valence-corrected chi connectivity index (χ2v) is 9.36. The van der Waals surface area contributed by atoms with Gasteiger partial charge in [-0.15, -0.1) is 0 Å². The van der Waals surface area contributed by atoms with Crippen LogP contribution in [-0.4, -0.2) is 59.5 Å². The highest BCUT2D eigenvalue weighted by atomic mass is 35.5. The summed E-state index contributed by atoms with van der Waals surface area (Å²) >= 11 is 6.04. The van der Waals surface area contributed by atoms with E-state index in [0.29, 0.717) is 22.4 Å². The second-order valence-electron chi connectivity index (χ2n) is 8.97. The van der Waals surface area contributed by atoms with Gasteiger partial charge >= 0.3 is 12.4 Å². The van der Waals surface area contributed by atoms with Gasteiger partial charge in [-0.05, 0) is 19.1 Å². The number of anilines is 2. The van der Waals surface area contributed by atoms with Crippen molar-refractivity contribution in [2.24, 2.45) is 0 Å². The molecule has 0 bridgehead atoms. The first-order valence-corrected chi connectivity index (χ1v) is 12.5. The van der Waals surface area contributed by atoms with E-state index in [2.05, 4.69) is 42.3 Å². The molecule has 4 rings (SSSR count). The molecule has 0 aliphatic heterocycles. The zero-order valence-corrected chi connectivity index (χ0v) is 22.5. The molecule has 42 heavy (non-hydrogen) atoms. The van der Waals surface area contributed by atoms with Gasteiger partial charge in [0.25, 0.3) is 0 Å². The Kier molecular flexibility index (Phi) is 9.10. The molecule has 222 valence electrons. The van der Waals surface area contributed by atoms with Crippen LogP contribution >= 0.6 is 11.6 Å². The summed E-state index contributed by atoms with van der Waals surface area (Å²) in [5.41, 5.74) is 6.98. The van der Waals surface area contributed by atoms with Crippen LogP contribution in [0, 0.1) is 11.8 Å². The molecule has 1 atom stereocenters. The van der Waals surface area contributed by atoms with Crippen molar-refractivity contribution in [3.05, 3.63) is 59.4 Å². The number of ether oxygens (including phenoxy) is 1. The van der Waals surface area contributed by atoms with Crippen molar-refractivity contribution in [1.82, 2.24) is 34.5 Å². The molecule has 0 aliphatic rings. The quantitative estimate of drug-likeness (QED) is 0.154. The first-order chi connectivity index (χ1) is 19.8. The summed E-state index contributed by atoms with van der Waals surface area (Å²) in [7, 11) is 0. The van der Waals surface area contributed by atoms with Crippen molar-refractivity contribution < 1.29 is 31.1 Å². The normalized spacial score (nSPS) is 12.5. The Morgan fingerprint density at radius 1 is 1.05 bits per heavy atom. The zero-order valence-electron chi connectivity index (χ0n) is 21.7. The van der Waals surface area contributed by atoms with Gasteiger partial charge in [0.2, 0.25) is 5.88 Å². The van der Waals surface area contributed by atoms with E-state index in [4.69, 9.17) is 22.1 Å². The van der Waals surface area contributed by atoms with E-state index >= 15 is 0 Å². The average molecular weight is 614 g/mol. The van der Waals surface area contributed by atoms with Crippen LogP contribution in [0.25, 0.3) is 11.4 Å². The molecular formula is C25H22ClF6N9O. The molecule has 4 aromatic heterocycles. The topological polar surface area (TPSA) is 122 Å². The number of hydrogen-bond acceptors (Lipinski definition) is 8. The highest BCUT2D eigenvalue weighted by Crippen LogP contribution is 2.31. The first-order valence-electron chi connectivity index (χ1n) is 12.1. The summed E-state index contributed by atoms with van der Waals surface area (Å²) in [4.78, 5) is 12.1. The van der Waals surface area contributed by atoms with Crippen LogP contribution in [-0.2, 0) is 13.1 Å². The van der Waals surface area contributed by atoms with E-state index in [-0.39, 0.29) is 46.5 Å². The van der Waals surface area contributed by atoms with Crippen molar-refractivity contribution in [2.75, 3.05) is 17.7 Å². The van der Waals surface area contributed by atoms with E-state index in [9.17, 15) is 26.3 Å². The lowest BCUT2D eigenvalue weighted by molar-refractivity contribution is -0.144. The average Bonchev–Trinajstić information content (AvgIpc) is 3.48. The maximum absolute atomic E-state index is 13.1. The molecule has 3 N–H and O–H groups in total. The zero-order chi connectivity index (χ0) is 30.5. The number of nitrogen functional groups attached to an aromatic ring is 1. The molecule has 0 spiro atoms. The molecule has 0 aliphatic carbocycles. The number of halogens is 7. The van der Waals surface area contributed by atoms with Crippen LogP contribution < -0.4 is 15.8 Å². The summed E-state index contributed by atoms with van der Waals surface area (Å²) < 4.78 is 84.3. The lowest BCUT2D eigenvalue weighted by atomic mass is 10.2. The molecule has 0 unspecified atom stereocenters. The van der Waals surface area contributed by atoms with E-state index < -0.39 is 25.4 Å². The predicted molar refractivity (Wildman–Crippen MR) is 140 cm³/mol. The molecule has 0 amide bonds. The van der Waals surface area contributed by atoms with Crippen LogP contribution in [0.15, 0.2) is 43.1 Å². The van der Waals surface area contributed by atoms with Gasteiger partial charge in [0.1, 0.15) is 29.6 Å². The van der Waals surface area contributed by atoms with Gasteiger partial charge in [0, 0.05) is 31.1 Å². The Morgan fingerprint density at radius 2 is 1.81 bits per heavy atom. The Hall–Kier alpha value is -4.52. The number of pyridine rings is 1. The minimum Gasteiger partial charge on any atom is -0.477 e. The molecule has 0 fully saturated rings. The van der Waals surface area contributed by atoms with Gasteiger partial charge in [-0.25, -0.2) is 19.6 Å². The highest BCUT2D eigenvalue weighted by Gasteiger charge is 2.31. The SMILES string of the molecule is C[C@@H](CCOc1c(-c2nccc(N)n2)cnn1CC(F)(F)F)Nc1cc(Cl)ncc1C#Cc1cnn(CC(F)(F)F)c1. The van der Waals surface area contributed by atoms with Gasteiger partial charge in [-0.2, -0.15) is 36.5 Å². The monoisotopic (exact) mass is 613 g/mol. The van der Waals surface area contributed by atoms with Crippen molar-refractivity contribution in [1.29, 1.82) is 0 Å². The Morgan fingerprint density at radius 3 is 2.52 bits per heavy atom. The van der Waals surface area contributed by atoms with Crippen molar-refractivity contribution in [3.8, 4) is 29.1 Å². The first kappa shape index (κ1) is 30.4. The van der Waals surface area contributed by atoms with Crippen molar-refractivity contribution >= 4 is 23.1 Å². The molecule has 0 saturated carbocycles. The summed E-state index contributed by atoms with van der Waals surface area (Å²) in [5.74, 6) is 5.59. The highest BCUT2D eigenvalue weighted by molar-refractivity contribution is 6.29. The molecule has 17 heteroatoms. The number of rotatable bonds is 9. The third-order valence-corrected chi connectivity index (χ3v) is 5.62. The van der Waals surface area contributed by atoms with Crippen molar-refractivity contribution in [2.45, 2.75) is 44.8 Å². The third-order valence-electron chi connectivity index (χ3n) is 5.42. The van der Waals surface area contributed by atoms with Gasteiger partial charge in [0.15, 0.2) is 5.82 Å². The van der Waals surface area contributed by atoms with Crippen molar-refractivity contribution in [3.63, 3.8) is 0 Å². The fourth-order valence-electron chi connectivity index (χ4n) is 3.62. The van der Waals surface area contributed by atoms with Gasteiger partial charge in [0.05, 0.1) is 35.8 Å². The number of nitrogens with one attached hydrogen (secondary N) is 1. The van der Waals surface area contributed by atoms with E-state index in [1.54, 1.807) is 6.92 Å². The smallest absolute Gasteiger partial charge is 0.408 e. The minimum absolute atomic E-state index is 0.0226. The number of hydrogen-bond donors (Lipinski definition) is 2. The fourth-order valence-corrected chi connectivity index (χ4v) is 3.78. The molecule has 4 aromatic rings. The standard InChI is InChI=1S/C25H22ClF6N9O/c1-15(5-7-42-23-18(22-34-6-4-21(33)39-22)11-37-41(23)14-25(30,31)32)38-19-8-20(26)35-10-17(19)3-2-16-9-36-40(12-16)13-24(27,28)29/h4,6,8-12,15H,5,7,13-14H2,1H3,(H,35,38)(H2,33,34,39)/t15-/m0/s1. The van der Waals surface area contributed by atoms with Crippen LogP contribution in [0.3, 0.4) is 0 Å². The maximum Gasteiger partial charge on any atom is 0.408 e. The molecule has 4 heterocycles. The van der Waals surface area contributed by atoms with Gasteiger partial charge < -0.3 is 15.8 Å². The summed E-state index contributed by atoms with van der Waals surface area (Å²) in [5, 5.41) is 10.8. The van der Waals surface area contributed by atoms with Gasteiger partial charge in [-0.1, -0.05) is 23.4 Å². The molecular weight excluding hydrogens is 592 g/mol. The number of aromatic nitrogens is 7. The van der Waals surface area contributed by atoms with Crippen LogP contribution in [0.2, 0.25) is 5.15 Å². The lowest BCUT2D eigenvalue weighted by Gasteiger charge is -2.18. The molecule has 0 saturated heterocycles. The Bertz CT molecular complexity index is 1590. The second kappa shape index (κ2) is 12.6. The van der Waals surface area contributed by atoms with E-state index in [1.807, 2.05) is 0 Å². The molecule has 0 radical (unpaired) electrons. The molecule has 0 aromatic carbocycles. The molecule has 10 nitrogen and oxygen atoms in total. The summed E-state index contributed by atoms with van der Waals surface area (Å²) in [6, 6.07) is 2.65. The van der Waals surface area contributed by atoms with Crippen LogP contribution in [0.4, 0.5) is 37.8 Å². The number of alkyl halides is 6. The van der Waals surface area contributed by atoms with E-state index in [1.165, 1.54) is 43.1 Å². The van der Waals surface area contributed by atoms with Crippen LogP contribution in [0.1, 0.15) is 24.5 Å². The van der Waals surface area contributed by atoms with E-state index in [0.717, 1.165) is 4.68 Å². The Balaban J connectivity index is 1.45. The minimum atomic E-state index is -4.55. The largest absolute Gasteiger partial charge is 0.477 e. The third kappa shape index (κ3) is 8.74. The maximum atomic E-state index is 13.1. The Labute approximate surface area is 239 Å². The fraction of sp³-hybridized carbons (Fsp3) is 0.320. The summed E-state index contributed by atoms with van der Waals surface area (Å²) in [6.45, 7) is -0.851. The van der Waals surface area contributed by atoms with Gasteiger partial charge in [-0.3, -0.25) is 4.68 Å². The lowest BCUT2D eigenvalue weighted by Crippen LogP contribution is -2.22. The van der Waals surface area contributed by atoms with Crippen LogP contribution in [0.5, 0.6) is 5.88 Å². The summed E-state index contributed by atoms with van der Waals surface area (Å²) in [6.07, 6.45) is -2.35. The number of nitrogens with zero attached hydrogens (tertiary/aromatic N) is 7.